The lowest BCUT2D eigenvalue weighted by Crippen LogP contribution is -2.38. The van der Waals surface area contributed by atoms with Crippen molar-refractivity contribution in [2.24, 2.45) is 0 Å². The summed E-state index contributed by atoms with van der Waals surface area (Å²) in [5, 5.41) is 10.4. The lowest BCUT2D eigenvalue weighted by atomic mass is 10.1. The first-order chi connectivity index (χ1) is 13.0. The molecule has 1 atom stereocenters. The van der Waals surface area contributed by atoms with E-state index in [9.17, 15) is 23.1 Å². The summed E-state index contributed by atoms with van der Waals surface area (Å²) >= 11 is 0. The van der Waals surface area contributed by atoms with Crippen LogP contribution in [0.15, 0.2) is 23.1 Å². The molecular formula is C19H28N2O7S. The maximum Gasteiger partial charge on any atom is 0.424 e. The monoisotopic (exact) mass is 428 g/mol. The zero-order valence-corrected chi connectivity index (χ0v) is 18.5. The topological polar surface area (TPSA) is 113 Å². The average molecular weight is 429 g/mol. The van der Waals surface area contributed by atoms with Gasteiger partial charge in [0.05, 0.1) is 11.4 Å². The molecule has 10 heteroatoms. The van der Waals surface area contributed by atoms with Crippen molar-refractivity contribution in [3.05, 3.63) is 29.3 Å². The largest absolute Gasteiger partial charge is 0.444 e. The van der Waals surface area contributed by atoms with Gasteiger partial charge in [-0.25, -0.2) is 22.3 Å². The number of rotatable bonds is 2. The number of aliphatic hydroxyl groups is 1. The summed E-state index contributed by atoms with van der Waals surface area (Å²) in [6.07, 6.45) is -2.97. The number of nitrogens with zero attached hydrogens (tertiary/aromatic N) is 2. The van der Waals surface area contributed by atoms with Crippen molar-refractivity contribution in [1.29, 1.82) is 0 Å². The van der Waals surface area contributed by atoms with Crippen molar-refractivity contribution >= 4 is 22.2 Å². The number of carbonyl (C=O) groups excluding carboxylic acids is 2. The van der Waals surface area contributed by atoms with Crippen LogP contribution in [0.5, 0.6) is 0 Å². The van der Waals surface area contributed by atoms with E-state index in [4.69, 9.17) is 9.47 Å². The number of hydrogen-bond donors (Lipinski definition) is 1. The number of sulfonamides is 1. The molecular weight excluding hydrogens is 400 g/mol. The molecule has 2 amide bonds. The second kappa shape index (κ2) is 7.49. The molecule has 162 valence electrons. The van der Waals surface area contributed by atoms with Crippen molar-refractivity contribution in [3.8, 4) is 0 Å². The molecule has 0 saturated carbocycles. The Hall–Kier alpha value is -2.33. The zero-order chi connectivity index (χ0) is 22.4. The highest BCUT2D eigenvalue weighted by Gasteiger charge is 2.37. The molecule has 0 saturated heterocycles. The van der Waals surface area contributed by atoms with E-state index in [0.29, 0.717) is 15.4 Å². The summed E-state index contributed by atoms with van der Waals surface area (Å²) in [7, 11) is -3.06. The Bertz CT molecular complexity index is 913. The van der Waals surface area contributed by atoms with Gasteiger partial charge in [-0.05, 0) is 59.2 Å². The van der Waals surface area contributed by atoms with Gasteiger partial charge in [0.25, 0.3) is 10.0 Å². The van der Waals surface area contributed by atoms with Crippen molar-refractivity contribution in [2.45, 2.75) is 70.4 Å². The maximum absolute atomic E-state index is 12.8. The summed E-state index contributed by atoms with van der Waals surface area (Å²) in [4.78, 5) is 25.4. The third-order valence-corrected chi connectivity index (χ3v) is 5.69. The molecule has 1 heterocycles. The fourth-order valence-corrected chi connectivity index (χ4v) is 3.72. The van der Waals surface area contributed by atoms with E-state index in [1.165, 1.54) is 18.2 Å². The summed E-state index contributed by atoms with van der Waals surface area (Å²) in [5.41, 5.74) is -0.746. The van der Waals surface area contributed by atoms with Gasteiger partial charge in [0.2, 0.25) is 0 Å². The fraction of sp³-hybridized carbons (Fsp3) is 0.579. The Balaban J connectivity index is 2.27. The molecule has 0 bridgehead atoms. The van der Waals surface area contributed by atoms with Crippen LogP contribution >= 0.6 is 0 Å². The second-order valence-corrected chi connectivity index (χ2v) is 10.8. The average Bonchev–Trinajstić information content (AvgIpc) is 2.87. The van der Waals surface area contributed by atoms with Crippen molar-refractivity contribution in [2.75, 3.05) is 7.05 Å². The lowest BCUT2D eigenvalue weighted by Gasteiger charge is -2.26. The van der Waals surface area contributed by atoms with Crippen molar-refractivity contribution < 1.29 is 32.6 Å². The minimum Gasteiger partial charge on any atom is -0.444 e. The van der Waals surface area contributed by atoms with Crippen molar-refractivity contribution in [3.63, 3.8) is 0 Å². The van der Waals surface area contributed by atoms with Gasteiger partial charge < -0.3 is 14.6 Å². The van der Waals surface area contributed by atoms with Gasteiger partial charge in [-0.15, -0.1) is 0 Å². The van der Waals surface area contributed by atoms with Crippen LogP contribution in [0.25, 0.3) is 0 Å². The zero-order valence-electron chi connectivity index (χ0n) is 17.7. The smallest absolute Gasteiger partial charge is 0.424 e. The van der Waals surface area contributed by atoms with E-state index in [-0.39, 0.29) is 11.4 Å². The van der Waals surface area contributed by atoms with Crippen LogP contribution in [0.2, 0.25) is 0 Å². The molecule has 0 aromatic heterocycles. The van der Waals surface area contributed by atoms with Crippen LogP contribution in [0.4, 0.5) is 9.59 Å². The van der Waals surface area contributed by atoms with E-state index >= 15 is 0 Å². The molecule has 1 aliphatic heterocycles. The first kappa shape index (κ1) is 23.0. The lowest BCUT2D eigenvalue weighted by molar-refractivity contribution is -0.0258. The Labute approximate surface area is 171 Å². The van der Waals surface area contributed by atoms with Crippen molar-refractivity contribution in [1.82, 2.24) is 9.21 Å². The fourth-order valence-electron chi connectivity index (χ4n) is 2.64. The quantitative estimate of drug-likeness (QED) is 0.770. The molecule has 1 unspecified atom stereocenters. The highest BCUT2D eigenvalue weighted by atomic mass is 32.2. The number of amides is 2. The molecule has 1 aromatic carbocycles. The number of benzene rings is 1. The summed E-state index contributed by atoms with van der Waals surface area (Å²) < 4.78 is 36.5. The van der Waals surface area contributed by atoms with Gasteiger partial charge in [-0.1, -0.05) is 6.07 Å². The predicted octanol–water partition coefficient (Wildman–Crippen LogP) is 2.98. The maximum atomic E-state index is 12.8. The van der Waals surface area contributed by atoms with Crippen LogP contribution in [0.3, 0.4) is 0 Å². The summed E-state index contributed by atoms with van der Waals surface area (Å²) in [6, 6.07) is 4.02. The molecule has 0 fully saturated rings. The first-order valence-electron chi connectivity index (χ1n) is 9.05. The Morgan fingerprint density at radius 3 is 2.17 bits per heavy atom. The Morgan fingerprint density at radius 2 is 1.66 bits per heavy atom. The molecule has 29 heavy (non-hydrogen) atoms. The minimum absolute atomic E-state index is 0.0229. The highest BCUT2D eigenvalue weighted by Crippen LogP contribution is 2.34. The highest BCUT2D eigenvalue weighted by molar-refractivity contribution is 7.89. The van der Waals surface area contributed by atoms with Gasteiger partial charge in [0.1, 0.15) is 11.2 Å². The summed E-state index contributed by atoms with van der Waals surface area (Å²) in [6.45, 7) is 9.99. The van der Waals surface area contributed by atoms with Crippen LogP contribution in [0, 0.1) is 0 Å². The van der Waals surface area contributed by atoms with Crippen LogP contribution in [-0.2, 0) is 26.0 Å². The third kappa shape index (κ3) is 5.18. The molecule has 0 spiro atoms. The third-order valence-electron chi connectivity index (χ3n) is 3.97. The van der Waals surface area contributed by atoms with Gasteiger partial charge in [-0.2, -0.15) is 0 Å². The number of hydrogen-bond acceptors (Lipinski definition) is 7. The van der Waals surface area contributed by atoms with Crippen LogP contribution in [-0.4, -0.2) is 53.2 Å². The normalized spacial score (nSPS) is 17.0. The van der Waals surface area contributed by atoms with E-state index in [1.54, 1.807) is 41.5 Å². The first-order valence-corrected chi connectivity index (χ1v) is 10.5. The standard InChI is InChI=1S/C19H28N2O7S/c1-18(2,3)27-16(23)20(7)29(25,26)13-8-9-14-12(10-13)11-21(15(14)22)17(24)28-19(4,5)6/h8-10,15,22H,11H2,1-7H3. The molecule has 1 aliphatic rings. The van der Waals surface area contributed by atoms with Crippen LogP contribution in [0.1, 0.15) is 58.9 Å². The van der Waals surface area contributed by atoms with E-state index < -0.39 is 39.6 Å². The summed E-state index contributed by atoms with van der Waals surface area (Å²) in [5.74, 6) is 0. The van der Waals surface area contributed by atoms with Gasteiger partial charge >= 0.3 is 12.2 Å². The molecule has 1 aromatic rings. The Kier molecular flexibility index (Phi) is 5.93. The van der Waals surface area contributed by atoms with E-state index in [0.717, 1.165) is 11.9 Å². The van der Waals surface area contributed by atoms with Crippen LogP contribution < -0.4 is 0 Å². The number of carbonyl (C=O) groups is 2. The SMILES string of the molecule is CN(C(=O)OC(C)(C)C)S(=O)(=O)c1ccc2c(c1)CN(C(=O)OC(C)(C)C)C2O. The Morgan fingerprint density at radius 1 is 1.10 bits per heavy atom. The van der Waals surface area contributed by atoms with E-state index in [2.05, 4.69) is 0 Å². The molecule has 2 rings (SSSR count). The number of ether oxygens (including phenoxy) is 2. The minimum atomic E-state index is -4.17. The van der Waals surface area contributed by atoms with E-state index in [1.807, 2.05) is 0 Å². The number of aliphatic hydroxyl groups excluding tert-OH is 1. The van der Waals surface area contributed by atoms with Gasteiger partial charge in [0, 0.05) is 12.6 Å². The molecule has 9 nitrogen and oxygen atoms in total. The van der Waals surface area contributed by atoms with Gasteiger partial charge in [-0.3, -0.25) is 4.90 Å². The molecule has 0 aliphatic carbocycles. The number of fused-ring (bicyclic) bond motifs is 1. The predicted molar refractivity (Wildman–Crippen MR) is 104 cm³/mol. The second-order valence-electron chi connectivity index (χ2n) is 8.80. The molecule has 1 N–H and O–H groups in total. The van der Waals surface area contributed by atoms with Gasteiger partial charge in [0.15, 0.2) is 6.23 Å². The molecule has 0 radical (unpaired) electrons.